The van der Waals surface area contributed by atoms with Crippen LogP contribution in [0.3, 0.4) is 0 Å². The molecule has 4 nitrogen and oxygen atoms in total. The van der Waals surface area contributed by atoms with Gasteiger partial charge in [0.2, 0.25) is 5.91 Å². The molecule has 1 amide bonds. The smallest absolute Gasteiger partial charge is 0.323 e. The maximum absolute atomic E-state index is 10.9. The van der Waals surface area contributed by atoms with E-state index in [9.17, 15) is 9.59 Å². The van der Waals surface area contributed by atoms with Crippen LogP contribution in [0.1, 0.15) is 6.42 Å². The SMILES string of the molecule is CN(CC(=O)O)C(=O)CCCl. The molecule has 0 aliphatic carbocycles. The quantitative estimate of drug-likeness (QED) is 0.626. The second kappa shape index (κ2) is 4.96. The maximum Gasteiger partial charge on any atom is 0.323 e. The van der Waals surface area contributed by atoms with Gasteiger partial charge in [-0.05, 0) is 0 Å². The molecule has 0 heterocycles. The van der Waals surface area contributed by atoms with Crippen LogP contribution >= 0.6 is 11.6 Å². The van der Waals surface area contributed by atoms with Gasteiger partial charge < -0.3 is 10.0 Å². The molecule has 0 spiro atoms. The highest BCUT2D eigenvalue weighted by molar-refractivity contribution is 6.18. The number of hydrogen-bond acceptors (Lipinski definition) is 2. The molecule has 0 rings (SSSR count). The Kier molecular flexibility index (Phi) is 4.61. The van der Waals surface area contributed by atoms with E-state index in [2.05, 4.69) is 0 Å². The summed E-state index contributed by atoms with van der Waals surface area (Å²) in [6.45, 7) is -0.268. The summed E-state index contributed by atoms with van der Waals surface area (Å²) >= 11 is 5.28. The van der Waals surface area contributed by atoms with E-state index < -0.39 is 5.97 Å². The van der Waals surface area contributed by atoms with E-state index >= 15 is 0 Å². The molecular formula is C6H10ClNO3. The number of likely N-dealkylation sites (N-methyl/N-ethyl adjacent to an activating group) is 1. The zero-order chi connectivity index (χ0) is 8.85. The van der Waals surface area contributed by atoms with Crippen molar-refractivity contribution in [3.05, 3.63) is 0 Å². The summed E-state index contributed by atoms with van der Waals surface area (Å²) in [4.78, 5) is 22.1. The minimum absolute atomic E-state index is 0.186. The summed E-state index contributed by atoms with van der Waals surface area (Å²) in [6.07, 6.45) is 0.186. The number of amides is 1. The Balaban J connectivity index is 3.73. The maximum atomic E-state index is 10.9. The van der Waals surface area contributed by atoms with Gasteiger partial charge in [-0.3, -0.25) is 9.59 Å². The van der Waals surface area contributed by atoms with Crippen LogP contribution in [-0.4, -0.2) is 41.4 Å². The van der Waals surface area contributed by atoms with Crippen LogP contribution < -0.4 is 0 Å². The number of aliphatic carboxylic acids is 1. The lowest BCUT2D eigenvalue weighted by atomic mass is 10.4. The van der Waals surface area contributed by atoms with Gasteiger partial charge in [0.1, 0.15) is 6.54 Å². The average Bonchev–Trinajstić information content (AvgIpc) is 1.86. The highest BCUT2D eigenvalue weighted by Gasteiger charge is 2.10. The summed E-state index contributed by atoms with van der Waals surface area (Å²) in [5.74, 6) is -1.04. The molecule has 0 saturated heterocycles. The number of alkyl halides is 1. The van der Waals surface area contributed by atoms with Crippen molar-refractivity contribution >= 4 is 23.5 Å². The van der Waals surface area contributed by atoms with E-state index in [1.165, 1.54) is 7.05 Å². The fourth-order valence-corrected chi connectivity index (χ4v) is 0.724. The summed E-state index contributed by atoms with van der Waals surface area (Å²) in [6, 6.07) is 0. The van der Waals surface area contributed by atoms with Crippen molar-refractivity contribution in [2.45, 2.75) is 6.42 Å². The fraction of sp³-hybridized carbons (Fsp3) is 0.667. The Morgan fingerprint density at radius 1 is 1.55 bits per heavy atom. The number of halogens is 1. The Morgan fingerprint density at radius 3 is 2.45 bits per heavy atom. The topological polar surface area (TPSA) is 57.6 Å². The van der Waals surface area contributed by atoms with E-state index in [0.29, 0.717) is 0 Å². The van der Waals surface area contributed by atoms with Gasteiger partial charge in [0.25, 0.3) is 0 Å². The summed E-state index contributed by atoms with van der Waals surface area (Å²) < 4.78 is 0. The van der Waals surface area contributed by atoms with Crippen molar-refractivity contribution in [1.29, 1.82) is 0 Å². The van der Waals surface area contributed by atoms with Crippen molar-refractivity contribution in [2.75, 3.05) is 19.5 Å². The van der Waals surface area contributed by atoms with Crippen LogP contribution in [0.4, 0.5) is 0 Å². The molecule has 0 bridgehead atoms. The van der Waals surface area contributed by atoms with Gasteiger partial charge >= 0.3 is 5.97 Å². The zero-order valence-electron chi connectivity index (χ0n) is 6.21. The van der Waals surface area contributed by atoms with Crippen molar-refractivity contribution in [2.24, 2.45) is 0 Å². The molecule has 0 saturated carbocycles. The first-order valence-corrected chi connectivity index (χ1v) is 3.63. The van der Waals surface area contributed by atoms with E-state index in [0.717, 1.165) is 4.90 Å². The standard InChI is InChI=1S/C6H10ClNO3/c1-8(4-6(10)11)5(9)2-3-7/h2-4H2,1H3,(H,10,11). The first kappa shape index (κ1) is 10.2. The number of rotatable bonds is 4. The fourth-order valence-electron chi connectivity index (χ4n) is 0.563. The first-order valence-electron chi connectivity index (χ1n) is 3.09. The van der Waals surface area contributed by atoms with E-state index in [1.54, 1.807) is 0 Å². The monoisotopic (exact) mass is 179 g/mol. The van der Waals surface area contributed by atoms with Gasteiger partial charge in [-0.15, -0.1) is 11.6 Å². The van der Waals surface area contributed by atoms with Crippen LogP contribution in [0.2, 0.25) is 0 Å². The highest BCUT2D eigenvalue weighted by atomic mass is 35.5. The molecule has 0 radical (unpaired) electrons. The molecule has 0 aromatic carbocycles. The largest absolute Gasteiger partial charge is 0.480 e. The van der Waals surface area contributed by atoms with Gasteiger partial charge in [-0.25, -0.2) is 0 Å². The van der Waals surface area contributed by atoms with E-state index in [4.69, 9.17) is 16.7 Å². The summed E-state index contributed by atoms with van der Waals surface area (Å²) in [7, 11) is 1.43. The third kappa shape index (κ3) is 4.61. The molecule has 11 heavy (non-hydrogen) atoms. The molecule has 64 valence electrons. The number of carboxylic acid groups (broad SMARTS) is 1. The molecule has 0 aromatic rings. The Labute approximate surface area is 69.7 Å². The lowest BCUT2D eigenvalue weighted by Crippen LogP contribution is -2.31. The van der Waals surface area contributed by atoms with Crippen molar-refractivity contribution in [3.8, 4) is 0 Å². The predicted molar refractivity (Wildman–Crippen MR) is 40.6 cm³/mol. The lowest BCUT2D eigenvalue weighted by molar-refractivity contribution is -0.143. The normalized spacial score (nSPS) is 9.27. The van der Waals surface area contributed by atoms with Gasteiger partial charge in [0, 0.05) is 19.3 Å². The predicted octanol–water partition coefficient (Wildman–Crippen LogP) is 0.158. The molecule has 0 fully saturated rings. The average molecular weight is 180 g/mol. The Morgan fingerprint density at radius 2 is 2.09 bits per heavy atom. The molecule has 0 aromatic heterocycles. The van der Waals surface area contributed by atoms with Crippen molar-refractivity contribution < 1.29 is 14.7 Å². The molecule has 0 aliphatic rings. The van der Waals surface area contributed by atoms with E-state index in [-0.39, 0.29) is 24.8 Å². The molecule has 0 aliphatic heterocycles. The summed E-state index contributed by atoms with van der Waals surface area (Å²) in [5.41, 5.74) is 0. The van der Waals surface area contributed by atoms with Gasteiger partial charge in [-0.1, -0.05) is 0 Å². The van der Waals surface area contributed by atoms with Crippen LogP contribution in [0, 0.1) is 0 Å². The lowest BCUT2D eigenvalue weighted by Gasteiger charge is -2.12. The van der Waals surface area contributed by atoms with Crippen molar-refractivity contribution in [1.82, 2.24) is 4.90 Å². The van der Waals surface area contributed by atoms with Crippen LogP contribution in [0.5, 0.6) is 0 Å². The van der Waals surface area contributed by atoms with Gasteiger partial charge in [-0.2, -0.15) is 0 Å². The molecule has 0 atom stereocenters. The number of nitrogens with zero attached hydrogens (tertiary/aromatic N) is 1. The van der Waals surface area contributed by atoms with Gasteiger partial charge in [0.15, 0.2) is 0 Å². The first-order chi connectivity index (χ1) is 5.07. The Bertz CT molecular complexity index is 160. The van der Waals surface area contributed by atoms with Gasteiger partial charge in [0.05, 0.1) is 0 Å². The van der Waals surface area contributed by atoms with E-state index in [1.807, 2.05) is 0 Å². The third-order valence-electron chi connectivity index (χ3n) is 1.11. The van der Waals surface area contributed by atoms with Crippen LogP contribution in [0.15, 0.2) is 0 Å². The third-order valence-corrected chi connectivity index (χ3v) is 1.30. The molecule has 1 N–H and O–H groups in total. The number of carbonyl (C=O) groups excluding carboxylic acids is 1. The van der Waals surface area contributed by atoms with Crippen molar-refractivity contribution in [3.63, 3.8) is 0 Å². The highest BCUT2D eigenvalue weighted by Crippen LogP contribution is 1.92. The van der Waals surface area contributed by atoms with Crippen LogP contribution in [-0.2, 0) is 9.59 Å². The van der Waals surface area contributed by atoms with Crippen LogP contribution in [0.25, 0.3) is 0 Å². The molecule has 0 unspecified atom stereocenters. The second-order valence-electron chi connectivity index (χ2n) is 2.08. The Hall–Kier alpha value is -0.770. The number of carbonyl (C=O) groups is 2. The number of carboxylic acids is 1. The zero-order valence-corrected chi connectivity index (χ0v) is 6.97. The number of hydrogen-bond donors (Lipinski definition) is 1. The second-order valence-corrected chi connectivity index (χ2v) is 2.46. The molecular weight excluding hydrogens is 170 g/mol. The molecule has 5 heteroatoms. The minimum atomic E-state index is -1.02. The minimum Gasteiger partial charge on any atom is -0.480 e. The summed E-state index contributed by atoms with van der Waals surface area (Å²) in [5, 5.41) is 8.27.